The molecule has 148 valence electrons. The van der Waals surface area contributed by atoms with Crippen molar-refractivity contribution in [3.63, 3.8) is 0 Å². The van der Waals surface area contributed by atoms with E-state index in [-0.39, 0.29) is 29.6 Å². The molecule has 1 saturated heterocycles. The Labute approximate surface area is 167 Å². The van der Waals surface area contributed by atoms with Crippen molar-refractivity contribution in [2.24, 2.45) is 0 Å². The Bertz CT molecular complexity index is 852. The number of anilines is 1. The van der Waals surface area contributed by atoms with Crippen LogP contribution in [0.1, 0.15) is 5.56 Å². The molecule has 28 heavy (non-hydrogen) atoms. The topological polar surface area (TPSA) is 102 Å². The molecule has 0 atom stereocenters. The highest BCUT2D eigenvalue weighted by Gasteiger charge is 2.22. The summed E-state index contributed by atoms with van der Waals surface area (Å²) in [7, 11) is 0. The summed E-state index contributed by atoms with van der Waals surface area (Å²) in [5.41, 5.74) is 6.95. The maximum Gasteiger partial charge on any atom is 0.271 e. The van der Waals surface area contributed by atoms with Crippen molar-refractivity contribution >= 4 is 28.9 Å². The monoisotopic (exact) mass is 404 g/mol. The van der Waals surface area contributed by atoms with Gasteiger partial charge in [-0.15, -0.1) is 0 Å². The molecule has 1 aliphatic heterocycles. The van der Waals surface area contributed by atoms with Gasteiger partial charge in [-0.2, -0.15) is 0 Å². The van der Waals surface area contributed by atoms with Crippen LogP contribution in [0.2, 0.25) is 5.02 Å². The number of nitrogens with two attached hydrogens (primary N) is 1. The van der Waals surface area contributed by atoms with Crippen LogP contribution in [0, 0.1) is 10.1 Å². The van der Waals surface area contributed by atoms with Gasteiger partial charge in [-0.1, -0.05) is 23.7 Å². The molecule has 0 radical (unpaired) electrons. The normalized spacial score (nSPS) is 14.7. The summed E-state index contributed by atoms with van der Waals surface area (Å²) in [6.45, 7) is 3.44. The Morgan fingerprint density at radius 3 is 2.43 bits per heavy atom. The fraction of sp³-hybridized carbons (Fsp3) is 0.316. The highest BCUT2D eigenvalue weighted by atomic mass is 35.5. The van der Waals surface area contributed by atoms with Gasteiger partial charge in [0.05, 0.1) is 10.6 Å². The number of carbonyl (C=O) groups is 1. The number of ether oxygens (including phenoxy) is 1. The lowest BCUT2D eigenvalue weighted by Gasteiger charge is -2.34. The molecule has 1 fully saturated rings. The van der Waals surface area contributed by atoms with E-state index in [4.69, 9.17) is 22.1 Å². The van der Waals surface area contributed by atoms with Crippen molar-refractivity contribution in [1.82, 2.24) is 9.80 Å². The van der Waals surface area contributed by atoms with Crippen LogP contribution < -0.4 is 10.5 Å². The zero-order valence-electron chi connectivity index (χ0n) is 15.2. The summed E-state index contributed by atoms with van der Waals surface area (Å²) in [5.74, 6) is 0.129. The van der Waals surface area contributed by atoms with Crippen molar-refractivity contribution in [2.75, 3.05) is 38.5 Å². The van der Waals surface area contributed by atoms with Gasteiger partial charge in [-0.25, -0.2) is 0 Å². The fourth-order valence-corrected chi connectivity index (χ4v) is 3.14. The second-order valence-corrected chi connectivity index (χ2v) is 6.99. The van der Waals surface area contributed by atoms with Gasteiger partial charge in [0.2, 0.25) is 0 Å². The molecule has 1 heterocycles. The Hall–Kier alpha value is -2.84. The predicted molar refractivity (Wildman–Crippen MR) is 106 cm³/mol. The highest BCUT2D eigenvalue weighted by Crippen LogP contribution is 2.26. The quantitative estimate of drug-likeness (QED) is 0.451. The van der Waals surface area contributed by atoms with Crippen molar-refractivity contribution in [1.29, 1.82) is 0 Å². The van der Waals surface area contributed by atoms with Crippen LogP contribution in [0.4, 0.5) is 11.4 Å². The summed E-state index contributed by atoms with van der Waals surface area (Å²) < 4.78 is 5.46. The molecular weight excluding hydrogens is 384 g/mol. The van der Waals surface area contributed by atoms with E-state index in [1.165, 1.54) is 23.8 Å². The lowest BCUT2D eigenvalue weighted by Crippen LogP contribution is -2.49. The van der Waals surface area contributed by atoms with E-state index < -0.39 is 4.92 Å². The molecule has 2 aromatic rings. The maximum atomic E-state index is 12.4. The molecular formula is C19H21ClN4O4. The molecule has 2 N–H and O–H groups in total. The number of rotatable bonds is 6. The summed E-state index contributed by atoms with van der Waals surface area (Å²) >= 11 is 5.91. The maximum absolute atomic E-state index is 12.4. The molecule has 0 unspecified atom stereocenters. The van der Waals surface area contributed by atoms with E-state index in [9.17, 15) is 14.9 Å². The average Bonchev–Trinajstić information content (AvgIpc) is 2.69. The first kappa shape index (κ1) is 19.9. The third-order valence-electron chi connectivity index (χ3n) is 4.60. The number of benzene rings is 2. The van der Waals surface area contributed by atoms with Crippen LogP contribution in [0.25, 0.3) is 0 Å². The molecule has 9 heteroatoms. The second-order valence-electron chi connectivity index (χ2n) is 6.55. The molecule has 1 amide bonds. The zero-order valence-corrected chi connectivity index (χ0v) is 16.0. The first-order valence-electron chi connectivity index (χ1n) is 8.83. The van der Waals surface area contributed by atoms with Gasteiger partial charge in [0, 0.05) is 49.9 Å². The van der Waals surface area contributed by atoms with Gasteiger partial charge in [-0.05, 0) is 23.8 Å². The summed E-state index contributed by atoms with van der Waals surface area (Å²) in [4.78, 5) is 26.6. The van der Waals surface area contributed by atoms with Crippen LogP contribution in [-0.4, -0.2) is 53.4 Å². The average molecular weight is 405 g/mol. The molecule has 8 nitrogen and oxygen atoms in total. The SMILES string of the molecule is Nc1cc([N+](=O)[O-])ccc1OCC(=O)N1CCN(Cc2ccc(Cl)cc2)CC1. The van der Waals surface area contributed by atoms with E-state index in [1.54, 1.807) is 4.90 Å². The molecule has 1 aliphatic rings. The standard InChI is InChI=1S/C19H21ClN4O4/c20-15-3-1-14(2-4-15)12-22-7-9-23(10-8-22)19(25)13-28-18-6-5-16(24(26)27)11-17(18)21/h1-6,11H,7-10,12-13,21H2. The largest absolute Gasteiger partial charge is 0.482 e. The Kier molecular flexibility index (Phi) is 6.33. The number of nitrogens with zero attached hydrogens (tertiary/aromatic N) is 3. The number of non-ortho nitro benzene ring substituents is 1. The first-order chi connectivity index (χ1) is 13.4. The van der Waals surface area contributed by atoms with E-state index in [0.717, 1.165) is 19.6 Å². The van der Waals surface area contributed by atoms with Crippen molar-refractivity contribution in [3.8, 4) is 5.75 Å². The van der Waals surface area contributed by atoms with Crippen molar-refractivity contribution < 1.29 is 14.5 Å². The highest BCUT2D eigenvalue weighted by molar-refractivity contribution is 6.30. The van der Waals surface area contributed by atoms with Gasteiger partial charge < -0.3 is 15.4 Å². The summed E-state index contributed by atoms with van der Waals surface area (Å²) in [5, 5.41) is 11.4. The predicted octanol–water partition coefficient (Wildman–Crippen LogP) is 2.55. The van der Waals surface area contributed by atoms with Gasteiger partial charge in [0.1, 0.15) is 5.75 Å². The number of nitrogen functional groups attached to an aromatic ring is 1. The minimum Gasteiger partial charge on any atom is -0.482 e. The molecule has 3 rings (SSSR count). The van der Waals surface area contributed by atoms with E-state index in [1.807, 2.05) is 24.3 Å². The molecule has 0 aliphatic carbocycles. The number of piperazine rings is 1. The summed E-state index contributed by atoms with van der Waals surface area (Å²) in [6, 6.07) is 11.7. The lowest BCUT2D eigenvalue weighted by molar-refractivity contribution is -0.384. The van der Waals surface area contributed by atoms with Crippen LogP contribution >= 0.6 is 11.6 Å². The van der Waals surface area contributed by atoms with Crippen LogP contribution in [-0.2, 0) is 11.3 Å². The minimum atomic E-state index is -0.533. The molecule has 0 bridgehead atoms. The Morgan fingerprint density at radius 1 is 1.14 bits per heavy atom. The molecule has 0 saturated carbocycles. The Balaban J connectivity index is 1.46. The Morgan fingerprint density at radius 2 is 1.82 bits per heavy atom. The van der Waals surface area contributed by atoms with Gasteiger partial charge in [0.15, 0.2) is 6.61 Å². The van der Waals surface area contributed by atoms with Crippen LogP contribution in [0.5, 0.6) is 5.75 Å². The van der Waals surface area contributed by atoms with E-state index >= 15 is 0 Å². The number of nitro benzene ring substituents is 1. The number of halogens is 1. The molecule has 0 aromatic heterocycles. The summed E-state index contributed by atoms with van der Waals surface area (Å²) in [6.07, 6.45) is 0. The second kappa shape index (κ2) is 8.90. The molecule has 0 spiro atoms. The van der Waals surface area contributed by atoms with E-state index in [2.05, 4.69) is 4.90 Å². The third kappa shape index (κ3) is 5.11. The number of nitro groups is 1. The van der Waals surface area contributed by atoms with Gasteiger partial charge >= 0.3 is 0 Å². The number of hydrogen-bond acceptors (Lipinski definition) is 6. The number of hydrogen-bond donors (Lipinski definition) is 1. The minimum absolute atomic E-state index is 0.118. The van der Waals surface area contributed by atoms with Crippen molar-refractivity contribution in [3.05, 3.63) is 63.2 Å². The molecule has 2 aromatic carbocycles. The number of carbonyl (C=O) groups excluding carboxylic acids is 1. The third-order valence-corrected chi connectivity index (χ3v) is 4.85. The van der Waals surface area contributed by atoms with E-state index in [0.29, 0.717) is 18.1 Å². The van der Waals surface area contributed by atoms with Gasteiger partial charge in [-0.3, -0.25) is 19.8 Å². The van der Waals surface area contributed by atoms with Crippen molar-refractivity contribution in [2.45, 2.75) is 6.54 Å². The lowest BCUT2D eigenvalue weighted by atomic mass is 10.2. The van der Waals surface area contributed by atoms with Gasteiger partial charge in [0.25, 0.3) is 11.6 Å². The smallest absolute Gasteiger partial charge is 0.271 e. The zero-order chi connectivity index (χ0) is 20.1. The first-order valence-corrected chi connectivity index (χ1v) is 9.21. The number of amides is 1. The van der Waals surface area contributed by atoms with Crippen LogP contribution in [0.3, 0.4) is 0 Å². The fourth-order valence-electron chi connectivity index (χ4n) is 3.02. The van der Waals surface area contributed by atoms with Crippen LogP contribution in [0.15, 0.2) is 42.5 Å².